The zero-order chi connectivity index (χ0) is 13.1. The minimum Gasteiger partial charge on any atom is -0.480 e. The quantitative estimate of drug-likeness (QED) is 0.772. The SMILES string of the molecule is CCC1CCN(CCC(C)(C)O)C(C(=O)O)C1. The summed E-state index contributed by atoms with van der Waals surface area (Å²) < 4.78 is 0. The molecule has 0 bridgehead atoms. The molecule has 2 unspecified atom stereocenters. The van der Waals surface area contributed by atoms with Gasteiger partial charge in [0, 0.05) is 6.54 Å². The van der Waals surface area contributed by atoms with Gasteiger partial charge in [-0.1, -0.05) is 13.3 Å². The monoisotopic (exact) mass is 243 g/mol. The van der Waals surface area contributed by atoms with Crippen LogP contribution >= 0.6 is 0 Å². The molecule has 100 valence electrons. The fourth-order valence-electron chi connectivity index (χ4n) is 2.40. The first-order chi connectivity index (χ1) is 7.83. The Morgan fingerprint density at radius 1 is 1.47 bits per heavy atom. The molecule has 1 rings (SSSR count). The van der Waals surface area contributed by atoms with Gasteiger partial charge in [0.05, 0.1) is 5.60 Å². The van der Waals surface area contributed by atoms with Gasteiger partial charge < -0.3 is 10.2 Å². The zero-order valence-electron chi connectivity index (χ0n) is 11.1. The molecule has 1 fully saturated rings. The van der Waals surface area contributed by atoms with Crippen LogP contribution in [0.5, 0.6) is 0 Å². The number of carboxylic acid groups (broad SMARTS) is 1. The molecule has 2 N–H and O–H groups in total. The van der Waals surface area contributed by atoms with Crippen LogP contribution < -0.4 is 0 Å². The minimum atomic E-state index is -0.723. The highest BCUT2D eigenvalue weighted by Crippen LogP contribution is 2.26. The maximum atomic E-state index is 11.2. The summed E-state index contributed by atoms with van der Waals surface area (Å²) in [6, 6.07) is -0.365. The molecule has 0 radical (unpaired) electrons. The van der Waals surface area contributed by atoms with E-state index in [2.05, 4.69) is 6.92 Å². The summed E-state index contributed by atoms with van der Waals surface area (Å²) in [6.45, 7) is 7.15. The van der Waals surface area contributed by atoms with E-state index < -0.39 is 11.6 Å². The summed E-state index contributed by atoms with van der Waals surface area (Å²) in [4.78, 5) is 13.3. The summed E-state index contributed by atoms with van der Waals surface area (Å²) in [6.07, 6.45) is 3.50. The number of likely N-dealkylation sites (tertiary alicyclic amines) is 1. The smallest absolute Gasteiger partial charge is 0.320 e. The standard InChI is InChI=1S/C13H25NO3/c1-4-10-5-7-14(8-6-13(2,3)17)11(9-10)12(15)16/h10-11,17H,4-9H2,1-3H3,(H,15,16). The van der Waals surface area contributed by atoms with E-state index in [0.29, 0.717) is 18.9 Å². The van der Waals surface area contributed by atoms with Crippen molar-refractivity contribution in [1.82, 2.24) is 4.90 Å². The van der Waals surface area contributed by atoms with Gasteiger partial charge in [-0.15, -0.1) is 0 Å². The van der Waals surface area contributed by atoms with E-state index in [9.17, 15) is 15.0 Å². The first-order valence-corrected chi connectivity index (χ1v) is 6.52. The summed E-state index contributed by atoms with van der Waals surface area (Å²) >= 11 is 0. The molecule has 0 amide bonds. The van der Waals surface area contributed by atoms with Gasteiger partial charge in [0.1, 0.15) is 6.04 Å². The number of carbonyl (C=O) groups is 1. The van der Waals surface area contributed by atoms with E-state index in [1.165, 1.54) is 0 Å². The molecular formula is C13H25NO3. The molecule has 1 aliphatic heterocycles. The van der Waals surface area contributed by atoms with Crippen molar-refractivity contribution >= 4 is 5.97 Å². The van der Waals surface area contributed by atoms with E-state index in [-0.39, 0.29) is 6.04 Å². The Morgan fingerprint density at radius 2 is 2.12 bits per heavy atom. The van der Waals surface area contributed by atoms with E-state index in [0.717, 1.165) is 25.8 Å². The van der Waals surface area contributed by atoms with Crippen LogP contribution in [0, 0.1) is 5.92 Å². The second-order valence-corrected chi connectivity index (χ2v) is 5.75. The van der Waals surface area contributed by atoms with Crippen molar-refractivity contribution in [2.24, 2.45) is 5.92 Å². The maximum absolute atomic E-state index is 11.2. The maximum Gasteiger partial charge on any atom is 0.320 e. The van der Waals surface area contributed by atoms with Crippen LogP contribution in [0.2, 0.25) is 0 Å². The van der Waals surface area contributed by atoms with Crippen LogP contribution in [0.3, 0.4) is 0 Å². The molecule has 1 saturated heterocycles. The number of nitrogens with zero attached hydrogens (tertiary/aromatic N) is 1. The zero-order valence-corrected chi connectivity index (χ0v) is 11.1. The molecule has 0 aromatic carbocycles. The number of aliphatic carboxylic acids is 1. The second kappa shape index (κ2) is 5.83. The Morgan fingerprint density at radius 3 is 2.59 bits per heavy atom. The lowest BCUT2D eigenvalue weighted by Crippen LogP contribution is -2.48. The van der Waals surface area contributed by atoms with Crippen molar-refractivity contribution in [3.05, 3.63) is 0 Å². The number of piperidine rings is 1. The fraction of sp³-hybridized carbons (Fsp3) is 0.923. The lowest BCUT2D eigenvalue weighted by molar-refractivity contribution is -0.145. The van der Waals surface area contributed by atoms with E-state index in [1.807, 2.05) is 4.90 Å². The molecule has 0 aliphatic carbocycles. The van der Waals surface area contributed by atoms with Crippen molar-refractivity contribution in [2.75, 3.05) is 13.1 Å². The van der Waals surface area contributed by atoms with Crippen molar-refractivity contribution in [3.8, 4) is 0 Å². The minimum absolute atomic E-state index is 0.365. The fourth-order valence-corrected chi connectivity index (χ4v) is 2.40. The van der Waals surface area contributed by atoms with Gasteiger partial charge in [0.25, 0.3) is 0 Å². The topological polar surface area (TPSA) is 60.8 Å². The van der Waals surface area contributed by atoms with Gasteiger partial charge in [0.15, 0.2) is 0 Å². The number of hydrogen-bond acceptors (Lipinski definition) is 3. The predicted molar refractivity (Wildman–Crippen MR) is 66.9 cm³/mol. The van der Waals surface area contributed by atoms with Crippen LogP contribution in [0.4, 0.5) is 0 Å². The third-order valence-corrected chi connectivity index (χ3v) is 3.70. The Bertz CT molecular complexity index is 260. The van der Waals surface area contributed by atoms with E-state index in [4.69, 9.17) is 0 Å². The van der Waals surface area contributed by atoms with Gasteiger partial charge in [-0.3, -0.25) is 9.69 Å². The number of aliphatic hydroxyl groups is 1. The molecule has 4 nitrogen and oxygen atoms in total. The first kappa shape index (κ1) is 14.5. The van der Waals surface area contributed by atoms with Crippen LogP contribution in [0.25, 0.3) is 0 Å². The van der Waals surface area contributed by atoms with Gasteiger partial charge >= 0.3 is 5.97 Å². The third-order valence-electron chi connectivity index (χ3n) is 3.70. The van der Waals surface area contributed by atoms with Crippen molar-refractivity contribution in [2.45, 2.75) is 58.1 Å². The highest BCUT2D eigenvalue weighted by atomic mass is 16.4. The molecule has 1 heterocycles. The largest absolute Gasteiger partial charge is 0.480 e. The van der Waals surface area contributed by atoms with Crippen LogP contribution in [0.15, 0.2) is 0 Å². The Labute approximate surface area is 104 Å². The molecular weight excluding hydrogens is 218 g/mol. The lowest BCUT2D eigenvalue weighted by atomic mass is 9.88. The molecule has 0 saturated carbocycles. The highest BCUT2D eigenvalue weighted by Gasteiger charge is 2.33. The summed E-state index contributed by atoms with van der Waals surface area (Å²) in [5, 5.41) is 18.9. The van der Waals surface area contributed by atoms with E-state index >= 15 is 0 Å². The molecule has 4 heteroatoms. The van der Waals surface area contributed by atoms with Gasteiger partial charge in [0.2, 0.25) is 0 Å². The summed E-state index contributed by atoms with van der Waals surface area (Å²) in [7, 11) is 0. The molecule has 0 aromatic heterocycles. The van der Waals surface area contributed by atoms with Gasteiger partial charge in [-0.05, 0) is 45.6 Å². The molecule has 0 spiro atoms. The van der Waals surface area contributed by atoms with Crippen molar-refractivity contribution < 1.29 is 15.0 Å². The van der Waals surface area contributed by atoms with E-state index in [1.54, 1.807) is 13.8 Å². The molecule has 0 aromatic rings. The normalized spacial score (nSPS) is 27.1. The average Bonchev–Trinajstić information content (AvgIpc) is 2.25. The van der Waals surface area contributed by atoms with Crippen molar-refractivity contribution in [3.63, 3.8) is 0 Å². The Kier molecular flexibility index (Phi) is 4.95. The first-order valence-electron chi connectivity index (χ1n) is 6.52. The third kappa shape index (κ3) is 4.64. The second-order valence-electron chi connectivity index (χ2n) is 5.75. The van der Waals surface area contributed by atoms with Crippen molar-refractivity contribution in [1.29, 1.82) is 0 Å². The predicted octanol–water partition coefficient (Wildman–Crippen LogP) is 1.72. The van der Waals surface area contributed by atoms with Gasteiger partial charge in [-0.25, -0.2) is 0 Å². The number of rotatable bonds is 5. The Hall–Kier alpha value is -0.610. The lowest BCUT2D eigenvalue weighted by Gasteiger charge is -2.37. The van der Waals surface area contributed by atoms with Crippen LogP contribution in [-0.4, -0.2) is 45.8 Å². The van der Waals surface area contributed by atoms with Gasteiger partial charge in [-0.2, -0.15) is 0 Å². The molecule has 2 atom stereocenters. The molecule has 17 heavy (non-hydrogen) atoms. The number of hydrogen-bond donors (Lipinski definition) is 2. The molecule has 1 aliphatic rings. The number of carboxylic acids is 1. The van der Waals surface area contributed by atoms with Crippen LogP contribution in [0.1, 0.15) is 46.5 Å². The summed E-state index contributed by atoms with van der Waals surface area (Å²) in [5.41, 5.74) is -0.718. The highest BCUT2D eigenvalue weighted by molar-refractivity contribution is 5.73. The average molecular weight is 243 g/mol. The Balaban J connectivity index is 2.55. The summed E-state index contributed by atoms with van der Waals surface area (Å²) in [5.74, 6) is -0.187. The van der Waals surface area contributed by atoms with Crippen LogP contribution in [-0.2, 0) is 4.79 Å².